The van der Waals surface area contributed by atoms with E-state index in [9.17, 15) is 8.42 Å². The molecule has 0 aliphatic carbocycles. The summed E-state index contributed by atoms with van der Waals surface area (Å²) in [6, 6.07) is 14.5. The number of sulfone groups is 1. The molecule has 0 unspecified atom stereocenters. The van der Waals surface area contributed by atoms with Gasteiger partial charge in [0, 0.05) is 17.3 Å². The lowest BCUT2D eigenvalue weighted by molar-refractivity contribution is 0.597. The first-order valence-corrected chi connectivity index (χ1v) is 8.49. The van der Waals surface area contributed by atoms with E-state index in [1.807, 2.05) is 24.3 Å². The molecule has 106 valence electrons. The largest absolute Gasteiger partial charge is 0.355 e. The molecule has 0 saturated carbocycles. The average molecular weight is 310 g/mol. The minimum absolute atomic E-state index is 0.106. The number of alkyl halides is 1. The Hall–Kier alpha value is -1.52. The zero-order valence-corrected chi connectivity index (χ0v) is 12.7. The lowest BCUT2D eigenvalue weighted by Gasteiger charge is -2.11. The van der Waals surface area contributed by atoms with Crippen LogP contribution in [0.15, 0.2) is 53.4 Å². The first-order valence-electron chi connectivity index (χ1n) is 6.30. The predicted octanol–water partition coefficient (Wildman–Crippen LogP) is 3.96. The van der Waals surface area contributed by atoms with Crippen LogP contribution in [0.5, 0.6) is 0 Å². The van der Waals surface area contributed by atoms with Gasteiger partial charge in [-0.05, 0) is 35.9 Å². The lowest BCUT2D eigenvalue weighted by Crippen LogP contribution is -2.03. The molecule has 2 aromatic rings. The third kappa shape index (κ3) is 3.32. The van der Waals surface area contributed by atoms with E-state index >= 15 is 0 Å². The number of rotatable bonds is 5. The maximum atomic E-state index is 11.7. The zero-order valence-electron chi connectivity index (χ0n) is 11.1. The van der Waals surface area contributed by atoms with Crippen LogP contribution in [-0.4, -0.2) is 14.2 Å². The smallest absolute Gasteiger partial charge is 0.178 e. The molecule has 3 nitrogen and oxygen atoms in total. The Labute approximate surface area is 124 Å². The highest BCUT2D eigenvalue weighted by Gasteiger charge is 2.10. The van der Waals surface area contributed by atoms with Gasteiger partial charge in [-0.1, -0.05) is 25.1 Å². The molecule has 20 heavy (non-hydrogen) atoms. The number of nitrogens with one attached hydrogen (secondary N) is 1. The van der Waals surface area contributed by atoms with Gasteiger partial charge < -0.3 is 5.32 Å². The molecule has 5 heteroatoms. The number of anilines is 2. The second-order valence-corrected chi connectivity index (χ2v) is 6.89. The van der Waals surface area contributed by atoms with Crippen molar-refractivity contribution in [2.75, 3.05) is 11.1 Å². The highest BCUT2D eigenvalue weighted by molar-refractivity contribution is 7.91. The van der Waals surface area contributed by atoms with Crippen LogP contribution in [-0.2, 0) is 15.7 Å². The van der Waals surface area contributed by atoms with E-state index in [0.29, 0.717) is 10.8 Å². The highest BCUT2D eigenvalue weighted by Crippen LogP contribution is 2.23. The Morgan fingerprint density at radius 3 is 2.30 bits per heavy atom. The van der Waals surface area contributed by atoms with E-state index in [-0.39, 0.29) is 5.75 Å². The van der Waals surface area contributed by atoms with Crippen molar-refractivity contribution in [3.05, 3.63) is 54.1 Å². The van der Waals surface area contributed by atoms with Crippen molar-refractivity contribution in [2.24, 2.45) is 0 Å². The summed E-state index contributed by atoms with van der Waals surface area (Å²) < 4.78 is 23.5. The fourth-order valence-electron chi connectivity index (χ4n) is 1.83. The van der Waals surface area contributed by atoms with Crippen molar-refractivity contribution < 1.29 is 8.42 Å². The molecule has 0 atom stereocenters. The lowest BCUT2D eigenvalue weighted by atomic mass is 10.2. The second-order valence-electron chi connectivity index (χ2n) is 4.34. The van der Waals surface area contributed by atoms with Crippen molar-refractivity contribution in [2.45, 2.75) is 17.7 Å². The van der Waals surface area contributed by atoms with Crippen LogP contribution in [0.25, 0.3) is 0 Å². The summed E-state index contributed by atoms with van der Waals surface area (Å²) in [7, 11) is -3.15. The normalized spacial score (nSPS) is 11.3. The summed E-state index contributed by atoms with van der Waals surface area (Å²) in [4.78, 5) is 0.344. The van der Waals surface area contributed by atoms with Crippen LogP contribution in [0.1, 0.15) is 12.5 Å². The van der Waals surface area contributed by atoms with Gasteiger partial charge in [-0.25, -0.2) is 8.42 Å². The van der Waals surface area contributed by atoms with Gasteiger partial charge in [-0.3, -0.25) is 0 Å². The van der Waals surface area contributed by atoms with E-state index in [2.05, 4.69) is 5.32 Å². The molecule has 0 heterocycles. The number of hydrogen-bond donors (Lipinski definition) is 1. The van der Waals surface area contributed by atoms with E-state index in [1.165, 1.54) is 0 Å². The maximum absolute atomic E-state index is 11.7. The molecule has 2 aromatic carbocycles. The van der Waals surface area contributed by atoms with Crippen LogP contribution in [0.3, 0.4) is 0 Å². The van der Waals surface area contributed by atoms with Crippen molar-refractivity contribution in [1.82, 2.24) is 0 Å². The zero-order chi connectivity index (χ0) is 14.6. The highest BCUT2D eigenvalue weighted by atomic mass is 35.5. The Balaban J connectivity index is 2.23. The predicted molar refractivity (Wildman–Crippen MR) is 83.5 cm³/mol. The fraction of sp³-hybridized carbons (Fsp3) is 0.200. The molecular formula is C15H16ClNO2S. The molecule has 0 saturated heterocycles. The second kappa shape index (κ2) is 6.29. The molecule has 0 radical (unpaired) electrons. The van der Waals surface area contributed by atoms with Crippen LogP contribution in [0.4, 0.5) is 11.4 Å². The van der Waals surface area contributed by atoms with E-state index in [1.54, 1.807) is 31.2 Å². The van der Waals surface area contributed by atoms with E-state index in [0.717, 1.165) is 16.9 Å². The Morgan fingerprint density at radius 2 is 1.70 bits per heavy atom. The molecule has 0 aromatic heterocycles. The van der Waals surface area contributed by atoms with Crippen molar-refractivity contribution >= 4 is 32.8 Å². The number of benzene rings is 2. The summed E-state index contributed by atoms with van der Waals surface area (Å²) in [6.07, 6.45) is 0. The summed E-state index contributed by atoms with van der Waals surface area (Å²) in [6.45, 7) is 1.64. The molecule has 0 fully saturated rings. The minimum atomic E-state index is -3.15. The van der Waals surface area contributed by atoms with Crippen molar-refractivity contribution in [3.63, 3.8) is 0 Å². The van der Waals surface area contributed by atoms with Gasteiger partial charge in [-0.2, -0.15) is 0 Å². The summed E-state index contributed by atoms with van der Waals surface area (Å²) in [5.41, 5.74) is 2.76. The first kappa shape index (κ1) is 14.9. The summed E-state index contributed by atoms with van der Waals surface area (Å²) in [5.74, 6) is 0.528. The van der Waals surface area contributed by atoms with Crippen LogP contribution < -0.4 is 5.32 Å². The molecule has 0 aliphatic rings. The van der Waals surface area contributed by atoms with Crippen LogP contribution >= 0.6 is 11.6 Å². The molecule has 0 amide bonds. The SMILES string of the molecule is CCS(=O)(=O)c1ccc(Nc2ccccc2CCl)cc1. The standard InChI is InChI=1S/C15H16ClNO2S/c1-2-20(18,19)14-9-7-13(8-10-14)17-15-6-4-3-5-12(15)11-16/h3-10,17H,2,11H2,1H3. The molecule has 0 bridgehead atoms. The Morgan fingerprint density at radius 1 is 1.05 bits per heavy atom. The van der Waals surface area contributed by atoms with Crippen molar-refractivity contribution in [3.8, 4) is 0 Å². The van der Waals surface area contributed by atoms with Crippen LogP contribution in [0.2, 0.25) is 0 Å². The monoisotopic (exact) mass is 309 g/mol. The Bertz CT molecular complexity index is 681. The topological polar surface area (TPSA) is 46.2 Å². The summed E-state index contributed by atoms with van der Waals surface area (Å²) >= 11 is 5.88. The molecule has 0 spiro atoms. The molecular weight excluding hydrogens is 294 g/mol. The first-order chi connectivity index (χ1) is 9.56. The van der Waals surface area contributed by atoms with Gasteiger partial charge in [0.25, 0.3) is 0 Å². The fourth-order valence-corrected chi connectivity index (χ4v) is 2.94. The molecule has 1 N–H and O–H groups in total. The quantitative estimate of drug-likeness (QED) is 0.850. The van der Waals surface area contributed by atoms with E-state index < -0.39 is 9.84 Å². The average Bonchev–Trinajstić information content (AvgIpc) is 2.48. The summed E-state index contributed by atoms with van der Waals surface area (Å²) in [5, 5.41) is 3.24. The third-order valence-electron chi connectivity index (χ3n) is 3.03. The third-order valence-corrected chi connectivity index (χ3v) is 5.07. The van der Waals surface area contributed by atoms with Gasteiger partial charge in [0.05, 0.1) is 10.6 Å². The van der Waals surface area contributed by atoms with Gasteiger partial charge in [0.15, 0.2) is 9.84 Å². The minimum Gasteiger partial charge on any atom is -0.355 e. The van der Waals surface area contributed by atoms with Gasteiger partial charge in [-0.15, -0.1) is 11.6 Å². The molecule has 2 rings (SSSR count). The Kier molecular flexibility index (Phi) is 4.68. The maximum Gasteiger partial charge on any atom is 0.178 e. The number of hydrogen-bond acceptors (Lipinski definition) is 3. The van der Waals surface area contributed by atoms with E-state index in [4.69, 9.17) is 11.6 Å². The van der Waals surface area contributed by atoms with Gasteiger partial charge in [0.2, 0.25) is 0 Å². The van der Waals surface area contributed by atoms with Crippen LogP contribution in [0, 0.1) is 0 Å². The number of halogens is 1. The van der Waals surface area contributed by atoms with Gasteiger partial charge >= 0.3 is 0 Å². The van der Waals surface area contributed by atoms with Gasteiger partial charge in [0.1, 0.15) is 0 Å². The van der Waals surface area contributed by atoms with Crippen molar-refractivity contribution in [1.29, 1.82) is 0 Å². The molecule has 0 aliphatic heterocycles. The number of para-hydroxylation sites is 1.